The standard InChI is InChI=1S/2C11H17.C7H8Si.2ClH.Hf/c2*1-8-6-9(2)10(7-8)11(3,4)5;1-8-7-5-3-2-4-6-7;;;/h2*7-8H,1-5H3;2-6H,1H3;2*1H;/q2*-1;;;;+2/p-2. The molecule has 2 unspecified atom stereocenters. The van der Waals surface area contributed by atoms with E-state index in [1.54, 1.807) is 5.19 Å². The first kappa shape index (κ1) is 35.0. The van der Waals surface area contributed by atoms with Gasteiger partial charge in [-0.15, -0.1) is 0 Å². The third kappa shape index (κ3) is 12.4. The SMILES string of the molecule is CC1=[C-]C(C)C=C1C(C)(C)C.CC1=[C-]C(C)C=C1C(C)(C)C.C[Si](=[Hf+2])c1ccccc1.[Cl-].[Cl-]. The summed E-state index contributed by atoms with van der Waals surface area (Å²) in [4.78, 5) is 0. The van der Waals surface area contributed by atoms with E-state index in [0.29, 0.717) is 22.7 Å². The van der Waals surface area contributed by atoms with Gasteiger partial charge in [0.15, 0.2) is 0 Å². The second-order valence-corrected chi connectivity index (χ2v) is 20.7. The van der Waals surface area contributed by atoms with Crippen molar-refractivity contribution in [1.82, 2.24) is 0 Å². The fourth-order valence-electron chi connectivity index (χ4n) is 3.99. The predicted octanol–water partition coefficient (Wildman–Crippen LogP) is 1.79. The molecular formula is C29H42Cl2HfSi-2. The van der Waals surface area contributed by atoms with Gasteiger partial charge in [0.2, 0.25) is 0 Å². The second-order valence-electron chi connectivity index (χ2n) is 10.8. The van der Waals surface area contributed by atoms with Crippen molar-refractivity contribution in [2.45, 2.75) is 75.8 Å². The molecule has 0 spiro atoms. The molecule has 0 amide bonds. The van der Waals surface area contributed by atoms with Gasteiger partial charge in [-0.25, -0.2) is 11.1 Å². The molecule has 1 aromatic carbocycles. The Kier molecular flexibility index (Phi) is 16.0. The van der Waals surface area contributed by atoms with Gasteiger partial charge in [0, 0.05) is 0 Å². The van der Waals surface area contributed by atoms with Crippen molar-refractivity contribution in [2.24, 2.45) is 22.7 Å². The molecule has 0 radical (unpaired) electrons. The van der Waals surface area contributed by atoms with Crippen LogP contribution in [0.15, 0.2) is 64.8 Å². The minimum Gasteiger partial charge on any atom is -1.00 e. The zero-order valence-electron chi connectivity index (χ0n) is 22.5. The van der Waals surface area contributed by atoms with E-state index in [2.05, 4.69) is 130 Å². The number of allylic oxidation sites excluding steroid dienone is 8. The fourth-order valence-corrected chi connectivity index (χ4v) is 6.47. The Morgan fingerprint density at radius 1 is 0.727 bits per heavy atom. The predicted molar refractivity (Wildman–Crippen MR) is 136 cm³/mol. The maximum absolute atomic E-state index is 3.40. The van der Waals surface area contributed by atoms with Crippen molar-refractivity contribution >= 4 is 10.7 Å². The summed E-state index contributed by atoms with van der Waals surface area (Å²) >= 11 is 1.36. The molecule has 0 N–H and O–H groups in total. The Morgan fingerprint density at radius 2 is 1.06 bits per heavy atom. The van der Waals surface area contributed by atoms with Gasteiger partial charge in [0.1, 0.15) is 0 Å². The largest absolute Gasteiger partial charge is 1.00 e. The van der Waals surface area contributed by atoms with Crippen LogP contribution in [0, 0.1) is 34.8 Å². The van der Waals surface area contributed by atoms with Crippen LogP contribution in [0.2, 0.25) is 6.55 Å². The summed E-state index contributed by atoms with van der Waals surface area (Å²) in [5.74, 6) is 1.04. The molecule has 0 heterocycles. The average molecular weight is 668 g/mol. The monoisotopic (exact) mass is 668 g/mol. The van der Waals surface area contributed by atoms with Gasteiger partial charge in [-0.1, -0.05) is 91.9 Å². The van der Waals surface area contributed by atoms with E-state index in [1.807, 2.05) is 0 Å². The Labute approximate surface area is 232 Å². The molecule has 0 aliphatic heterocycles. The van der Waals surface area contributed by atoms with Crippen molar-refractivity contribution < 1.29 is 47.8 Å². The van der Waals surface area contributed by atoms with Gasteiger partial charge in [-0.3, -0.25) is 12.2 Å². The van der Waals surface area contributed by atoms with Gasteiger partial charge >= 0.3 is 70.6 Å². The van der Waals surface area contributed by atoms with Gasteiger partial charge in [0.05, 0.1) is 0 Å². The number of benzene rings is 1. The second kappa shape index (κ2) is 15.1. The summed E-state index contributed by atoms with van der Waals surface area (Å²) in [7, 11) is 0. The van der Waals surface area contributed by atoms with Crippen LogP contribution >= 0.6 is 0 Å². The first-order chi connectivity index (χ1) is 14.1. The van der Waals surface area contributed by atoms with Crippen LogP contribution in [0.3, 0.4) is 0 Å². The van der Waals surface area contributed by atoms with Crippen LogP contribution < -0.4 is 30.0 Å². The topological polar surface area (TPSA) is 0 Å². The van der Waals surface area contributed by atoms with E-state index in [1.165, 1.54) is 45.3 Å². The van der Waals surface area contributed by atoms with Crippen LogP contribution in [0.5, 0.6) is 0 Å². The molecule has 0 bridgehead atoms. The summed E-state index contributed by atoms with van der Waals surface area (Å²) in [5.41, 5.74) is 6.12. The normalized spacial score (nSPS) is 19.2. The van der Waals surface area contributed by atoms with Crippen LogP contribution in [0.25, 0.3) is 0 Å². The molecule has 3 rings (SSSR count). The van der Waals surface area contributed by atoms with Gasteiger partial charge in [0.25, 0.3) is 0 Å². The number of hydrogen-bond donors (Lipinski definition) is 0. The number of hydrogen-bond acceptors (Lipinski definition) is 0. The quantitative estimate of drug-likeness (QED) is 0.317. The molecule has 2 atom stereocenters. The van der Waals surface area contributed by atoms with Crippen LogP contribution in [-0.2, 0) is 23.0 Å². The minimum absolute atomic E-state index is 0. The number of halogens is 2. The Bertz CT molecular complexity index is 828. The third-order valence-corrected chi connectivity index (χ3v) is 9.66. The smallest absolute Gasteiger partial charge is 1.00 e. The summed E-state index contributed by atoms with van der Waals surface area (Å²) in [5, 5.41) is 1.58. The van der Waals surface area contributed by atoms with E-state index in [0.717, 1.165) is 0 Å². The Hall–Kier alpha value is -0.153. The number of rotatable bonds is 1. The van der Waals surface area contributed by atoms with Gasteiger partial charge < -0.3 is 24.8 Å². The Balaban J connectivity index is 0. The van der Waals surface area contributed by atoms with Crippen LogP contribution in [0.1, 0.15) is 69.2 Å². The van der Waals surface area contributed by atoms with E-state index in [4.69, 9.17) is 0 Å². The fraction of sp³-hybridized carbons (Fsp3) is 0.517. The molecule has 2 aliphatic rings. The van der Waals surface area contributed by atoms with Crippen molar-refractivity contribution in [3.8, 4) is 0 Å². The minimum atomic E-state index is -0.0733. The molecule has 0 aromatic heterocycles. The zero-order chi connectivity index (χ0) is 24.0. The Morgan fingerprint density at radius 3 is 1.21 bits per heavy atom. The molecule has 0 saturated heterocycles. The van der Waals surface area contributed by atoms with Gasteiger partial charge in [-0.2, -0.15) is 23.3 Å². The first-order valence-corrected chi connectivity index (χ1v) is 18.8. The van der Waals surface area contributed by atoms with Gasteiger partial charge in [-0.05, 0) is 0 Å². The summed E-state index contributed by atoms with van der Waals surface area (Å²) in [6.07, 6.45) is 11.4. The molecule has 182 valence electrons. The summed E-state index contributed by atoms with van der Waals surface area (Å²) in [6.45, 7) is 24.6. The summed E-state index contributed by atoms with van der Waals surface area (Å²) in [6, 6.07) is 10.8. The van der Waals surface area contributed by atoms with E-state index in [-0.39, 0.29) is 30.3 Å². The molecule has 2 aliphatic carbocycles. The van der Waals surface area contributed by atoms with E-state index < -0.39 is 0 Å². The van der Waals surface area contributed by atoms with Crippen molar-refractivity contribution in [3.05, 3.63) is 76.9 Å². The molecule has 0 saturated carbocycles. The average Bonchev–Trinajstić information content (AvgIpc) is 3.17. The molecule has 0 nitrogen and oxygen atoms in total. The summed E-state index contributed by atoms with van der Waals surface area (Å²) < 4.78 is 0. The first-order valence-electron chi connectivity index (χ1n) is 11.4. The van der Waals surface area contributed by atoms with Crippen molar-refractivity contribution in [1.29, 1.82) is 0 Å². The van der Waals surface area contributed by atoms with Crippen LogP contribution in [-0.4, -0.2) is 5.49 Å². The van der Waals surface area contributed by atoms with E-state index >= 15 is 0 Å². The maximum Gasteiger partial charge on any atom is -1.00 e. The third-order valence-electron chi connectivity index (χ3n) is 5.35. The van der Waals surface area contributed by atoms with Crippen LogP contribution in [0.4, 0.5) is 0 Å². The zero-order valence-corrected chi connectivity index (χ0v) is 28.6. The van der Waals surface area contributed by atoms with Crippen molar-refractivity contribution in [3.63, 3.8) is 0 Å². The molecule has 1 aromatic rings. The van der Waals surface area contributed by atoms with E-state index in [9.17, 15) is 0 Å². The maximum atomic E-state index is 3.40. The molecular weight excluding hydrogens is 626 g/mol. The van der Waals surface area contributed by atoms with Crippen molar-refractivity contribution in [2.75, 3.05) is 0 Å². The molecule has 4 heteroatoms. The molecule has 33 heavy (non-hydrogen) atoms. The molecule has 0 fully saturated rings.